The third-order valence-corrected chi connectivity index (χ3v) is 6.41. The Kier molecular flexibility index (Phi) is 6.79. The molecule has 0 aliphatic carbocycles. The molecule has 0 unspecified atom stereocenters. The van der Waals surface area contributed by atoms with Gasteiger partial charge in [-0.05, 0) is 58.2 Å². The van der Waals surface area contributed by atoms with Crippen LogP contribution in [0.3, 0.4) is 0 Å². The van der Waals surface area contributed by atoms with Crippen molar-refractivity contribution < 1.29 is 18.7 Å². The zero-order chi connectivity index (χ0) is 21.2. The Morgan fingerprint density at radius 1 is 1.41 bits per heavy atom. The van der Waals surface area contributed by atoms with E-state index >= 15 is 0 Å². The predicted octanol–water partition coefficient (Wildman–Crippen LogP) is 3.92. The van der Waals surface area contributed by atoms with E-state index in [-0.39, 0.29) is 22.9 Å². The lowest BCUT2D eigenvalue weighted by atomic mass is 9.85. The summed E-state index contributed by atoms with van der Waals surface area (Å²) in [5.74, 6) is -0.938. The van der Waals surface area contributed by atoms with Crippen molar-refractivity contribution in [1.29, 1.82) is 0 Å². The number of rotatable bonds is 6. The SMILES string of the molecule is COCCNC(=O)c1c(Nc2ccc(I)cc2F)sc2c1CC(C)(C)CNC2=O. The fourth-order valence-electron chi connectivity index (χ4n) is 3.15. The van der Waals surface area contributed by atoms with E-state index in [4.69, 9.17) is 4.74 Å². The van der Waals surface area contributed by atoms with Crippen molar-refractivity contribution in [3.8, 4) is 0 Å². The molecule has 29 heavy (non-hydrogen) atoms. The van der Waals surface area contributed by atoms with Crippen LogP contribution in [0.5, 0.6) is 0 Å². The van der Waals surface area contributed by atoms with Crippen LogP contribution in [-0.4, -0.2) is 38.6 Å². The number of nitrogens with one attached hydrogen (secondary N) is 3. The zero-order valence-corrected chi connectivity index (χ0v) is 19.4. The molecule has 9 heteroatoms. The fourth-order valence-corrected chi connectivity index (χ4v) is 4.75. The van der Waals surface area contributed by atoms with Gasteiger partial charge in [0.25, 0.3) is 11.8 Å². The van der Waals surface area contributed by atoms with Crippen LogP contribution in [0, 0.1) is 14.8 Å². The van der Waals surface area contributed by atoms with Crippen molar-refractivity contribution in [2.24, 2.45) is 5.41 Å². The number of hydrogen-bond acceptors (Lipinski definition) is 5. The molecule has 6 nitrogen and oxygen atoms in total. The highest BCUT2D eigenvalue weighted by Gasteiger charge is 2.34. The summed E-state index contributed by atoms with van der Waals surface area (Å²) >= 11 is 3.21. The van der Waals surface area contributed by atoms with Gasteiger partial charge < -0.3 is 20.7 Å². The van der Waals surface area contributed by atoms with Gasteiger partial charge in [-0.2, -0.15) is 0 Å². The van der Waals surface area contributed by atoms with E-state index in [0.717, 1.165) is 3.57 Å². The topological polar surface area (TPSA) is 79.5 Å². The quantitative estimate of drug-likeness (QED) is 0.390. The van der Waals surface area contributed by atoms with Crippen molar-refractivity contribution in [3.05, 3.63) is 43.6 Å². The molecule has 1 aromatic carbocycles. The van der Waals surface area contributed by atoms with E-state index < -0.39 is 5.82 Å². The zero-order valence-electron chi connectivity index (χ0n) is 16.4. The molecule has 0 saturated carbocycles. The van der Waals surface area contributed by atoms with Gasteiger partial charge in [0.15, 0.2) is 0 Å². The van der Waals surface area contributed by atoms with E-state index in [9.17, 15) is 14.0 Å². The molecule has 1 aliphatic rings. The Hall–Kier alpha value is -1.72. The van der Waals surface area contributed by atoms with Crippen LogP contribution in [-0.2, 0) is 11.2 Å². The number of ether oxygens (including phenoxy) is 1. The number of benzene rings is 1. The summed E-state index contributed by atoms with van der Waals surface area (Å²) in [5.41, 5.74) is 1.13. The predicted molar refractivity (Wildman–Crippen MR) is 121 cm³/mol. The number of thiophene rings is 1. The lowest BCUT2D eigenvalue weighted by molar-refractivity contribution is 0.0935. The maximum atomic E-state index is 14.4. The van der Waals surface area contributed by atoms with Crippen molar-refractivity contribution in [2.45, 2.75) is 20.3 Å². The first-order valence-corrected chi connectivity index (χ1v) is 11.0. The minimum absolute atomic E-state index is 0.211. The molecular formula is C20H23FIN3O3S. The van der Waals surface area contributed by atoms with Gasteiger partial charge in [-0.3, -0.25) is 9.59 Å². The van der Waals surface area contributed by atoms with Crippen LogP contribution in [0.25, 0.3) is 0 Å². The van der Waals surface area contributed by atoms with E-state index in [1.54, 1.807) is 19.2 Å². The lowest BCUT2D eigenvalue weighted by Gasteiger charge is -2.22. The van der Waals surface area contributed by atoms with Crippen LogP contribution in [0.1, 0.15) is 39.4 Å². The van der Waals surface area contributed by atoms with Gasteiger partial charge in [-0.25, -0.2) is 4.39 Å². The summed E-state index contributed by atoms with van der Waals surface area (Å²) in [6.07, 6.45) is 0.557. The molecule has 2 aromatic rings. The fraction of sp³-hybridized carbons (Fsp3) is 0.400. The molecule has 3 N–H and O–H groups in total. The molecule has 0 atom stereocenters. The van der Waals surface area contributed by atoms with Crippen molar-refractivity contribution in [1.82, 2.24) is 10.6 Å². The number of anilines is 2. The molecule has 2 heterocycles. The van der Waals surface area contributed by atoms with Crippen LogP contribution < -0.4 is 16.0 Å². The molecule has 0 saturated heterocycles. The number of amides is 2. The van der Waals surface area contributed by atoms with Gasteiger partial charge in [0, 0.05) is 23.8 Å². The van der Waals surface area contributed by atoms with Gasteiger partial charge in [-0.1, -0.05) is 13.8 Å². The third kappa shape index (κ3) is 5.07. The molecule has 156 valence electrons. The van der Waals surface area contributed by atoms with Crippen LogP contribution >= 0.6 is 33.9 Å². The lowest BCUT2D eigenvalue weighted by Crippen LogP contribution is -2.32. The summed E-state index contributed by atoms with van der Waals surface area (Å²) < 4.78 is 20.2. The van der Waals surface area contributed by atoms with Crippen molar-refractivity contribution >= 4 is 56.4 Å². The molecule has 0 spiro atoms. The van der Waals surface area contributed by atoms with Gasteiger partial charge in [0.1, 0.15) is 10.8 Å². The van der Waals surface area contributed by atoms with Gasteiger partial charge in [-0.15, -0.1) is 11.3 Å². The average molecular weight is 531 g/mol. The highest BCUT2D eigenvalue weighted by molar-refractivity contribution is 14.1. The normalized spacial score (nSPS) is 15.3. The monoisotopic (exact) mass is 531 g/mol. The summed E-state index contributed by atoms with van der Waals surface area (Å²) in [6, 6.07) is 4.81. The Balaban J connectivity index is 2.06. The van der Waals surface area contributed by atoms with Crippen LogP contribution in [0.2, 0.25) is 0 Å². The highest BCUT2D eigenvalue weighted by atomic mass is 127. The number of carbonyl (C=O) groups excluding carboxylic acids is 2. The molecule has 0 bridgehead atoms. The first-order valence-electron chi connectivity index (χ1n) is 9.15. The summed E-state index contributed by atoms with van der Waals surface area (Å²) in [5, 5.41) is 9.24. The van der Waals surface area contributed by atoms with Gasteiger partial charge >= 0.3 is 0 Å². The second-order valence-corrected chi connectivity index (χ2v) is 9.90. The molecular weight excluding hydrogens is 508 g/mol. The molecule has 0 fully saturated rings. The Morgan fingerprint density at radius 3 is 2.86 bits per heavy atom. The number of carbonyl (C=O) groups is 2. The van der Waals surface area contributed by atoms with Crippen molar-refractivity contribution in [2.75, 3.05) is 32.1 Å². The number of hydrogen-bond donors (Lipinski definition) is 3. The Morgan fingerprint density at radius 2 is 2.17 bits per heavy atom. The summed E-state index contributed by atoms with van der Waals surface area (Å²) in [7, 11) is 1.56. The molecule has 3 rings (SSSR count). The van der Waals surface area contributed by atoms with E-state index in [1.165, 1.54) is 17.4 Å². The third-order valence-electron chi connectivity index (χ3n) is 4.59. The number of methoxy groups -OCH3 is 1. The molecule has 1 aliphatic heterocycles. The molecule has 1 aromatic heterocycles. The summed E-state index contributed by atoms with van der Waals surface area (Å²) in [4.78, 5) is 26.1. The smallest absolute Gasteiger partial charge is 0.261 e. The Bertz CT molecular complexity index is 945. The number of halogens is 2. The van der Waals surface area contributed by atoms with Crippen molar-refractivity contribution in [3.63, 3.8) is 0 Å². The maximum Gasteiger partial charge on any atom is 0.261 e. The largest absolute Gasteiger partial charge is 0.383 e. The minimum Gasteiger partial charge on any atom is -0.383 e. The standard InChI is InChI=1S/C20H23FIN3O3S/c1-20(2)9-12-15(17(26)23-6-7-28-3)19(29-16(12)18(27)24-10-20)25-14-5-4-11(22)8-13(14)21/h4-5,8,25H,6-7,9-10H2,1-3H3,(H,23,26)(H,24,27). The maximum absolute atomic E-state index is 14.4. The van der Waals surface area contributed by atoms with E-state index in [2.05, 4.69) is 16.0 Å². The average Bonchev–Trinajstić information content (AvgIpc) is 2.94. The molecule has 2 amide bonds. The van der Waals surface area contributed by atoms with Gasteiger partial charge in [0.05, 0.1) is 22.7 Å². The van der Waals surface area contributed by atoms with E-state index in [1.807, 2.05) is 36.4 Å². The first kappa shape index (κ1) is 22.0. The first-order chi connectivity index (χ1) is 13.7. The molecule has 0 radical (unpaired) electrons. The van der Waals surface area contributed by atoms with Crippen LogP contribution in [0.4, 0.5) is 15.1 Å². The van der Waals surface area contributed by atoms with E-state index in [0.29, 0.717) is 47.1 Å². The van der Waals surface area contributed by atoms with Gasteiger partial charge in [0.2, 0.25) is 0 Å². The number of fused-ring (bicyclic) bond motifs is 1. The second-order valence-electron chi connectivity index (χ2n) is 7.64. The highest BCUT2D eigenvalue weighted by Crippen LogP contribution is 2.40. The summed E-state index contributed by atoms with van der Waals surface area (Å²) in [6.45, 7) is 5.31. The van der Waals surface area contributed by atoms with Crippen LogP contribution in [0.15, 0.2) is 18.2 Å². The second kappa shape index (κ2) is 8.97. The minimum atomic E-state index is -0.420. The Labute approximate surface area is 186 Å².